The summed E-state index contributed by atoms with van der Waals surface area (Å²) < 4.78 is 1.95. The molecule has 8 heteroatoms. The summed E-state index contributed by atoms with van der Waals surface area (Å²) in [6, 6.07) is 7.97. The lowest BCUT2D eigenvalue weighted by Gasteiger charge is -2.42. The number of hydrogen-bond donors (Lipinski definition) is 1. The molecule has 8 nitrogen and oxygen atoms in total. The zero-order valence-corrected chi connectivity index (χ0v) is 20.1. The number of anilines is 4. The van der Waals surface area contributed by atoms with Gasteiger partial charge in [-0.2, -0.15) is 5.10 Å². The molecule has 0 spiro atoms. The van der Waals surface area contributed by atoms with E-state index in [0.717, 1.165) is 39.7 Å². The number of fused-ring (bicyclic) bond motifs is 1. The van der Waals surface area contributed by atoms with Gasteiger partial charge in [-0.3, -0.25) is 9.48 Å². The maximum Gasteiger partial charge on any atom is 0.249 e. The number of amides is 1. The highest BCUT2D eigenvalue weighted by Gasteiger charge is 2.35. The third kappa shape index (κ3) is 3.63. The Labute approximate surface area is 194 Å². The topological polar surface area (TPSA) is 79.2 Å². The summed E-state index contributed by atoms with van der Waals surface area (Å²) in [5.41, 5.74) is 7.09. The fourth-order valence-electron chi connectivity index (χ4n) is 4.82. The highest BCUT2D eigenvalue weighted by molar-refractivity contribution is 6.05. The highest BCUT2D eigenvalue weighted by Crippen LogP contribution is 2.44. The minimum atomic E-state index is -0.216. The average molecular weight is 446 g/mol. The molecular weight excluding hydrogens is 414 g/mol. The largest absolute Gasteiger partial charge is 0.356 e. The van der Waals surface area contributed by atoms with Crippen molar-refractivity contribution in [1.82, 2.24) is 19.7 Å². The number of aromatic nitrogens is 4. The molecule has 2 aromatic heterocycles. The van der Waals surface area contributed by atoms with Crippen LogP contribution >= 0.6 is 0 Å². The Balaban J connectivity index is 1.49. The summed E-state index contributed by atoms with van der Waals surface area (Å²) in [5.74, 6) is 1.18. The molecule has 33 heavy (non-hydrogen) atoms. The number of rotatable bonds is 5. The van der Waals surface area contributed by atoms with E-state index in [2.05, 4.69) is 42.0 Å². The molecule has 1 aliphatic carbocycles. The van der Waals surface area contributed by atoms with Crippen LogP contribution < -0.4 is 15.1 Å². The molecule has 1 aromatic carbocycles. The molecule has 0 unspecified atom stereocenters. The monoisotopic (exact) mass is 445 g/mol. The van der Waals surface area contributed by atoms with Crippen molar-refractivity contribution in [2.45, 2.75) is 58.5 Å². The second kappa shape index (κ2) is 7.86. The van der Waals surface area contributed by atoms with Crippen LogP contribution in [0, 0.1) is 6.92 Å². The van der Waals surface area contributed by atoms with Crippen LogP contribution in [-0.4, -0.2) is 44.8 Å². The molecule has 1 saturated carbocycles. The van der Waals surface area contributed by atoms with Gasteiger partial charge in [-0.1, -0.05) is 0 Å². The third-order valence-electron chi connectivity index (χ3n) is 6.77. The third-order valence-corrected chi connectivity index (χ3v) is 6.77. The van der Waals surface area contributed by atoms with Crippen LogP contribution in [0.25, 0.3) is 11.3 Å². The number of likely N-dealkylation sites (N-methyl/N-ethyl adjacent to an activating group) is 1. The summed E-state index contributed by atoms with van der Waals surface area (Å²) in [6.07, 6.45) is 4.17. The van der Waals surface area contributed by atoms with Gasteiger partial charge in [0.25, 0.3) is 0 Å². The molecular formula is C25H31N7O. The van der Waals surface area contributed by atoms with E-state index >= 15 is 0 Å². The molecule has 0 bridgehead atoms. The van der Waals surface area contributed by atoms with Crippen LogP contribution in [0.4, 0.5) is 23.0 Å². The first-order valence-electron chi connectivity index (χ1n) is 11.6. The molecule has 1 atom stereocenters. The van der Waals surface area contributed by atoms with Crippen molar-refractivity contribution in [2.24, 2.45) is 7.05 Å². The lowest BCUT2D eigenvalue weighted by atomic mass is 10.0. The van der Waals surface area contributed by atoms with Gasteiger partial charge in [0.15, 0.2) is 0 Å². The Hall–Kier alpha value is -3.42. The number of carbonyl (C=O) groups excluding carboxylic acids is 1. The summed E-state index contributed by atoms with van der Waals surface area (Å²) in [6.45, 7) is 8.27. The first kappa shape index (κ1) is 21.4. The van der Waals surface area contributed by atoms with E-state index in [0.29, 0.717) is 11.9 Å². The second-order valence-corrected chi connectivity index (χ2v) is 9.41. The summed E-state index contributed by atoms with van der Waals surface area (Å²) >= 11 is 0. The van der Waals surface area contributed by atoms with Gasteiger partial charge in [0.05, 0.1) is 22.8 Å². The lowest BCUT2D eigenvalue weighted by molar-refractivity contribution is -0.119. The van der Waals surface area contributed by atoms with Gasteiger partial charge in [0.1, 0.15) is 6.04 Å². The Morgan fingerprint density at radius 3 is 2.58 bits per heavy atom. The SMILES string of the molecule is Cc1c(-c2ccnc(Nc3ccc4c(c3)N(C(C)C)[C@H](C)C(=O)N4C)n2)c(C2CC2)nn1C. The smallest absolute Gasteiger partial charge is 0.249 e. The Morgan fingerprint density at radius 1 is 1.12 bits per heavy atom. The van der Waals surface area contributed by atoms with E-state index in [1.165, 1.54) is 12.8 Å². The lowest BCUT2D eigenvalue weighted by Crippen LogP contribution is -2.53. The van der Waals surface area contributed by atoms with Crippen molar-refractivity contribution in [2.75, 3.05) is 22.2 Å². The van der Waals surface area contributed by atoms with Gasteiger partial charge in [-0.25, -0.2) is 9.97 Å². The van der Waals surface area contributed by atoms with Crippen molar-refractivity contribution in [3.8, 4) is 11.3 Å². The Kier molecular flexibility index (Phi) is 5.11. The molecule has 3 heterocycles. The minimum Gasteiger partial charge on any atom is -0.356 e. The zero-order valence-electron chi connectivity index (χ0n) is 20.1. The number of aryl methyl sites for hydroxylation is 1. The second-order valence-electron chi connectivity index (χ2n) is 9.41. The molecule has 1 fully saturated rings. The summed E-state index contributed by atoms with van der Waals surface area (Å²) in [7, 11) is 3.82. The normalized spacial score (nSPS) is 18.2. The van der Waals surface area contributed by atoms with Crippen molar-refractivity contribution >= 4 is 28.9 Å². The highest BCUT2D eigenvalue weighted by atomic mass is 16.2. The van der Waals surface area contributed by atoms with E-state index in [-0.39, 0.29) is 18.0 Å². The number of carbonyl (C=O) groups is 1. The predicted molar refractivity (Wildman–Crippen MR) is 131 cm³/mol. The van der Waals surface area contributed by atoms with Gasteiger partial charge in [-0.05, 0) is 64.8 Å². The molecule has 3 aromatic rings. The number of nitrogens with one attached hydrogen (secondary N) is 1. The molecule has 0 radical (unpaired) electrons. The maximum absolute atomic E-state index is 12.7. The van der Waals surface area contributed by atoms with E-state index in [9.17, 15) is 4.79 Å². The van der Waals surface area contributed by atoms with E-state index in [1.54, 1.807) is 11.1 Å². The van der Waals surface area contributed by atoms with Crippen molar-refractivity contribution in [3.63, 3.8) is 0 Å². The van der Waals surface area contributed by atoms with Crippen LogP contribution in [0.2, 0.25) is 0 Å². The van der Waals surface area contributed by atoms with Gasteiger partial charge in [0, 0.05) is 49.2 Å². The first-order chi connectivity index (χ1) is 15.8. The standard InChI is InChI=1S/C25H31N7O/c1-14(2)32-16(4)24(33)30(5)20-10-9-18(13-21(20)32)27-25-26-12-11-19(28-25)22-15(3)31(6)29-23(22)17-7-8-17/h9-14,16-17H,7-8H2,1-6H3,(H,26,27,28)/t16-/m1/s1. The van der Waals surface area contributed by atoms with Crippen molar-refractivity contribution in [3.05, 3.63) is 41.9 Å². The summed E-state index contributed by atoms with van der Waals surface area (Å²) in [5, 5.41) is 8.13. The first-order valence-corrected chi connectivity index (χ1v) is 11.6. The summed E-state index contributed by atoms with van der Waals surface area (Å²) in [4.78, 5) is 25.9. The Bertz CT molecular complexity index is 1230. The van der Waals surface area contributed by atoms with Gasteiger partial charge < -0.3 is 15.1 Å². The zero-order chi connectivity index (χ0) is 23.4. The Morgan fingerprint density at radius 2 is 1.88 bits per heavy atom. The molecule has 172 valence electrons. The number of benzene rings is 1. The fourth-order valence-corrected chi connectivity index (χ4v) is 4.82. The van der Waals surface area contributed by atoms with E-state index in [4.69, 9.17) is 10.1 Å². The van der Waals surface area contributed by atoms with Crippen molar-refractivity contribution < 1.29 is 4.79 Å². The van der Waals surface area contributed by atoms with Crippen LogP contribution in [0.3, 0.4) is 0 Å². The molecule has 1 amide bonds. The van der Waals surface area contributed by atoms with Crippen molar-refractivity contribution in [1.29, 1.82) is 0 Å². The predicted octanol–water partition coefficient (Wildman–Crippen LogP) is 4.39. The number of nitrogens with zero attached hydrogens (tertiary/aromatic N) is 6. The van der Waals surface area contributed by atoms with Gasteiger partial charge in [-0.15, -0.1) is 0 Å². The van der Waals surface area contributed by atoms with Gasteiger partial charge in [0.2, 0.25) is 11.9 Å². The van der Waals surface area contributed by atoms with E-state index in [1.807, 2.05) is 43.9 Å². The minimum absolute atomic E-state index is 0.103. The van der Waals surface area contributed by atoms with Crippen LogP contribution in [0.5, 0.6) is 0 Å². The maximum atomic E-state index is 12.7. The van der Waals surface area contributed by atoms with Crippen LogP contribution in [0.1, 0.15) is 50.9 Å². The number of hydrogen-bond acceptors (Lipinski definition) is 6. The molecule has 0 saturated heterocycles. The molecule has 2 aliphatic rings. The molecule has 1 aliphatic heterocycles. The fraction of sp³-hybridized carbons (Fsp3) is 0.440. The molecule has 1 N–H and O–H groups in total. The average Bonchev–Trinajstić information content (AvgIpc) is 3.58. The van der Waals surface area contributed by atoms with Crippen LogP contribution in [-0.2, 0) is 11.8 Å². The molecule has 5 rings (SSSR count). The van der Waals surface area contributed by atoms with E-state index < -0.39 is 0 Å². The van der Waals surface area contributed by atoms with Crippen LogP contribution in [0.15, 0.2) is 30.5 Å². The quantitative estimate of drug-likeness (QED) is 0.628. The van der Waals surface area contributed by atoms with Gasteiger partial charge >= 0.3 is 0 Å².